The number of benzene rings is 1. The van der Waals surface area contributed by atoms with Gasteiger partial charge in [0.2, 0.25) is 0 Å². The van der Waals surface area contributed by atoms with Gasteiger partial charge in [0, 0.05) is 12.1 Å². The summed E-state index contributed by atoms with van der Waals surface area (Å²) < 4.78 is 5.56. The van der Waals surface area contributed by atoms with Gasteiger partial charge in [0.1, 0.15) is 5.75 Å². The van der Waals surface area contributed by atoms with E-state index in [4.69, 9.17) is 10.5 Å². The monoisotopic (exact) mass is 179 g/mol. The predicted octanol–water partition coefficient (Wildman–Crippen LogP) is 2.16. The van der Waals surface area contributed by atoms with Gasteiger partial charge >= 0.3 is 0 Å². The van der Waals surface area contributed by atoms with Crippen molar-refractivity contribution in [3.8, 4) is 5.75 Å². The molecular formula is C11H17NO. The lowest BCUT2D eigenvalue weighted by Crippen LogP contribution is -2.05. The van der Waals surface area contributed by atoms with Crippen molar-refractivity contribution in [2.75, 3.05) is 6.61 Å². The van der Waals surface area contributed by atoms with Crippen molar-refractivity contribution in [2.45, 2.75) is 27.3 Å². The first-order chi connectivity index (χ1) is 6.20. The fraction of sp³-hybridized carbons (Fsp3) is 0.455. The number of hydrogen-bond acceptors (Lipinski definition) is 2. The van der Waals surface area contributed by atoms with Gasteiger partial charge in [-0.25, -0.2) is 0 Å². The van der Waals surface area contributed by atoms with Crippen LogP contribution in [-0.2, 0) is 6.54 Å². The molecule has 0 aliphatic heterocycles. The number of aryl methyl sites for hydroxylation is 2. The van der Waals surface area contributed by atoms with Crippen LogP contribution >= 0.6 is 0 Å². The van der Waals surface area contributed by atoms with Crippen LogP contribution in [0.25, 0.3) is 0 Å². The third-order valence-corrected chi connectivity index (χ3v) is 2.18. The lowest BCUT2D eigenvalue weighted by atomic mass is 10.0. The molecule has 2 heteroatoms. The van der Waals surface area contributed by atoms with Crippen LogP contribution in [0.2, 0.25) is 0 Å². The van der Waals surface area contributed by atoms with E-state index in [1.54, 1.807) is 0 Å². The molecule has 0 amide bonds. The molecule has 2 N–H and O–H groups in total. The smallest absolute Gasteiger partial charge is 0.126 e. The molecule has 72 valence electrons. The fourth-order valence-electron chi connectivity index (χ4n) is 1.44. The highest BCUT2D eigenvalue weighted by atomic mass is 16.5. The van der Waals surface area contributed by atoms with Gasteiger partial charge in [-0.1, -0.05) is 12.1 Å². The summed E-state index contributed by atoms with van der Waals surface area (Å²) in [6, 6.07) is 4.15. The molecule has 0 atom stereocenters. The lowest BCUT2D eigenvalue weighted by molar-refractivity contribution is 0.334. The molecule has 1 aromatic carbocycles. The van der Waals surface area contributed by atoms with Crippen molar-refractivity contribution >= 4 is 0 Å². The maximum Gasteiger partial charge on any atom is 0.126 e. The summed E-state index contributed by atoms with van der Waals surface area (Å²) in [5.41, 5.74) is 9.16. The molecule has 0 aromatic heterocycles. The summed E-state index contributed by atoms with van der Waals surface area (Å²) in [5.74, 6) is 0.963. The molecule has 0 saturated heterocycles. The Balaban J connectivity index is 3.18. The quantitative estimate of drug-likeness (QED) is 0.771. The van der Waals surface area contributed by atoms with Gasteiger partial charge in [0.05, 0.1) is 6.61 Å². The van der Waals surface area contributed by atoms with Crippen LogP contribution in [0, 0.1) is 13.8 Å². The standard InChI is InChI=1S/C11H17NO/c1-4-13-11-9(3)6-5-8(2)10(11)7-12/h5-6H,4,7,12H2,1-3H3. The first kappa shape index (κ1) is 10.1. The normalized spacial score (nSPS) is 10.2. The zero-order valence-electron chi connectivity index (χ0n) is 8.55. The van der Waals surface area contributed by atoms with E-state index >= 15 is 0 Å². The highest BCUT2D eigenvalue weighted by molar-refractivity contribution is 5.45. The van der Waals surface area contributed by atoms with Crippen molar-refractivity contribution in [3.63, 3.8) is 0 Å². The van der Waals surface area contributed by atoms with Crippen LogP contribution in [0.3, 0.4) is 0 Å². The Kier molecular flexibility index (Phi) is 3.32. The SMILES string of the molecule is CCOc1c(C)ccc(C)c1CN. The second-order valence-corrected chi connectivity index (χ2v) is 3.14. The maximum absolute atomic E-state index is 5.67. The molecule has 1 rings (SSSR count). The minimum absolute atomic E-state index is 0.544. The number of rotatable bonds is 3. The second kappa shape index (κ2) is 4.28. The van der Waals surface area contributed by atoms with Gasteiger partial charge in [0.15, 0.2) is 0 Å². The fourth-order valence-corrected chi connectivity index (χ4v) is 1.44. The molecule has 0 saturated carbocycles. The second-order valence-electron chi connectivity index (χ2n) is 3.14. The van der Waals surface area contributed by atoms with Crippen molar-refractivity contribution in [2.24, 2.45) is 5.73 Å². The Hall–Kier alpha value is -1.02. The van der Waals surface area contributed by atoms with Crippen LogP contribution in [0.15, 0.2) is 12.1 Å². The molecule has 0 radical (unpaired) electrons. The van der Waals surface area contributed by atoms with E-state index in [0.717, 1.165) is 16.9 Å². The number of nitrogens with two attached hydrogens (primary N) is 1. The summed E-state index contributed by atoms with van der Waals surface area (Å²) in [6.45, 7) is 7.33. The highest BCUT2D eigenvalue weighted by Crippen LogP contribution is 2.26. The Bertz CT molecular complexity index is 294. The van der Waals surface area contributed by atoms with Crippen molar-refractivity contribution < 1.29 is 4.74 Å². The number of ether oxygens (including phenoxy) is 1. The summed E-state index contributed by atoms with van der Waals surface area (Å²) in [7, 11) is 0. The molecule has 0 fully saturated rings. The van der Waals surface area contributed by atoms with Crippen LogP contribution in [0.4, 0.5) is 0 Å². The van der Waals surface area contributed by atoms with E-state index in [9.17, 15) is 0 Å². The Morgan fingerprint density at radius 3 is 2.38 bits per heavy atom. The van der Waals surface area contributed by atoms with E-state index in [1.807, 2.05) is 13.8 Å². The molecule has 0 aliphatic rings. The largest absolute Gasteiger partial charge is 0.493 e. The molecule has 0 aliphatic carbocycles. The molecule has 2 nitrogen and oxygen atoms in total. The summed E-state index contributed by atoms with van der Waals surface area (Å²) in [5, 5.41) is 0. The van der Waals surface area contributed by atoms with Gasteiger partial charge in [-0.15, -0.1) is 0 Å². The zero-order chi connectivity index (χ0) is 9.84. The maximum atomic E-state index is 5.67. The van der Waals surface area contributed by atoms with Gasteiger partial charge in [0.25, 0.3) is 0 Å². The molecule has 0 spiro atoms. The van der Waals surface area contributed by atoms with Gasteiger partial charge < -0.3 is 10.5 Å². The molecular weight excluding hydrogens is 162 g/mol. The lowest BCUT2D eigenvalue weighted by Gasteiger charge is -2.13. The third-order valence-electron chi connectivity index (χ3n) is 2.18. The van der Waals surface area contributed by atoms with Gasteiger partial charge in [-0.2, -0.15) is 0 Å². The highest BCUT2D eigenvalue weighted by Gasteiger charge is 2.07. The number of hydrogen-bond donors (Lipinski definition) is 1. The minimum Gasteiger partial charge on any atom is -0.493 e. The Labute approximate surface area is 79.7 Å². The van der Waals surface area contributed by atoms with E-state index in [2.05, 4.69) is 19.1 Å². The Morgan fingerprint density at radius 1 is 1.23 bits per heavy atom. The first-order valence-corrected chi connectivity index (χ1v) is 4.62. The predicted molar refractivity (Wildman–Crippen MR) is 55.0 cm³/mol. The third kappa shape index (κ3) is 2.01. The zero-order valence-corrected chi connectivity index (χ0v) is 8.55. The molecule has 1 aromatic rings. The van der Waals surface area contributed by atoms with E-state index in [0.29, 0.717) is 13.2 Å². The van der Waals surface area contributed by atoms with E-state index in [-0.39, 0.29) is 0 Å². The van der Waals surface area contributed by atoms with Crippen LogP contribution < -0.4 is 10.5 Å². The van der Waals surface area contributed by atoms with Gasteiger partial charge in [-0.3, -0.25) is 0 Å². The summed E-state index contributed by atoms with van der Waals surface area (Å²) in [4.78, 5) is 0. The average Bonchev–Trinajstić information content (AvgIpc) is 2.12. The molecule has 0 bridgehead atoms. The molecule has 0 heterocycles. The Morgan fingerprint density at radius 2 is 1.85 bits per heavy atom. The molecule has 13 heavy (non-hydrogen) atoms. The summed E-state index contributed by atoms with van der Waals surface area (Å²) >= 11 is 0. The first-order valence-electron chi connectivity index (χ1n) is 4.62. The van der Waals surface area contributed by atoms with E-state index < -0.39 is 0 Å². The topological polar surface area (TPSA) is 35.2 Å². The summed E-state index contributed by atoms with van der Waals surface area (Å²) in [6.07, 6.45) is 0. The van der Waals surface area contributed by atoms with Crippen molar-refractivity contribution in [1.29, 1.82) is 0 Å². The van der Waals surface area contributed by atoms with Crippen LogP contribution in [0.1, 0.15) is 23.6 Å². The average molecular weight is 179 g/mol. The van der Waals surface area contributed by atoms with E-state index in [1.165, 1.54) is 5.56 Å². The van der Waals surface area contributed by atoms with Crippen molar-refractivity contribution in [3.05, 3.63) is 28.8 Å². The van der Waals surface area contributed by atoms with Crippen LogP contribution in [-0.4, -0.2) is 6.61 Å². The van der Waals surface area contributed by atoms with Gasteiger partial charge in [-0.05, 0) is 31.9 Å². The molecule has 0 unspecified atom stereocenters. The van der Waals surface area contributed by atoms with Crippen molar-refractivity contribution in [1.82, 2.24) is 0 Å². The van der Waals surface area contributed by atoms with Crippen LogP contribution in [0.5, 0.6) is 5.75 Å². The minimum atomic E-state index is 0.544.